The number of aliphatic hydroxyl groups is 1. The fourth-order valence-corrected chi connectivity index (χ4v) is 11.8. The minimum atomic E-state index is -4.95. The van der Waals surface area contributed by atoms with Crippen molar-refractivity contribution in [2.24, 2.45) is 11.8 Å². The number of aliphatic hydroxyl groups excluding tert-OH is 1. The van der Waals surface area contributed by atoms with E-state index in [-0.39, 0.29) is 25.7 Å². The Kier molecular flexibility index (Phi) is 59.0. The molecule has 3 N–H and O–H groups in total. The van der Waals surface area contributed by atoms with Crippen LogP contribution in [0.1, 0.15) is 343 Å². The molecule has 0 spiro atoms. The zero-order chi connectivity index (χ0) is 64.3. The van der Waals surface area contributed by atoms with Crippen LogP contribution in [0.2, 0.25) is 0 Å². The highest BCUT2D eigenvalue weighted by Gasteiger charge is 2.30. The Hall–Kier alpha value is -1.94. The highest BCUT2D eigenvalue weighted by Crippen LogP contribution is 2.45. The molecular weight excluding hydrogens is 1150 g/mol. The van der Waals surface area contributed by atoms with E-state index in [1.165, 1.54) is 154 Å². The van der Waals surface area contributed by atoms with E-state index in [9.17, 15) is 43.2 Å². The van der Waals surface area contributed by atoms with E-state index in [4.69, 9.17) is 37.0 Å². The molecule has 0 heterocycles. The maximum Gasteiger partial charge on any atom is 0.472 e. The third-order valence-corrected chi connectivity index (χ3v) is 17.6. The summed E-state index contributed by atoms with van der Waals surface area (Å²) in [5.74, 6) is -0.571. The average molecular weight is 1280 g/mol. The molecule has 0 fully saturated rings. The Morgan fingerprint density at radius 2 is 0.529 bits per heavy atom. The van der Waals surface area contributed by atoms with E-state index in [0.717, 1.165) is 108 Å². The Balaban J connectivity index is 5.14. The van der Waals surface area contributed by atoms with Crippen LogP contribution in [-0.2, 0) is 65.4 Å². The Morgan fingerprint density at radius 1 is 0.310 bits per heavy atom. The Labute approximate surface area is 530 Å². The van der Waals surface area contributed by atoms with Gasteiger partial charge in [-0.15, -0.1) is 0 Å². The fraction of sp³-hybridized carbons (Fsp3) is 0.941. The molecule has 0 aliphatic heterocycles. The standard InChI is InChI=1S/C68H132O17P2/c1-7-9-11-13-14-15-28-34-40-46-52-67(72)84-63(56-78-65(70)50-44-36-12-10-8-2)58-82-86(74,75)80-54-62(69)55-81-87(76,77)83-59-64(57-79-66(71)51-45-39-33-29-25-24-27-32-38-43-49-61(5)6)85-68(73)53-47-41-35-30-23-21-19-17-16-18-20-22-26-31-37-42-48-60(3)4/h60-64,69H,7-59H2,1-6H3,(H,74,75)(H,76,77)/t62-,63+,64+/m0/s1. The zero-order valence-corrected chi connectivity index (χ0v) is 58.1. The molecule has 0 amide bonds. The molecule has 0 aliphatic carbocycles. The Bertz CT molecular complexity index is 1700. The van der Waals surface area contributed by atoms with E-state index < -0.39 is 97.5 Å². The van der Waals surface area contributed by atoms with Crippen molar-refractivity contribution >= 4 is 39.5 Å². The first-order chi connectivity index (χ1) is 41.9. The summed E-state index contributed by atoms with van der Waals surface area (Å²) in [4.78, 5) is 72.1. The summed E-state index contributed by atoms with van der Waals surface area (Å²) in [5, 5.41) is 10.5. The van der Waals surface area contributed by atoms with Gasteiger partial charge in [0, 0.05) is 25.7 Å². The van der Waals surface area contributed by atoms with Gasteiger partial charge in [0.25, 0.3) is 0 Å². The summed E-state index contributed by atoms with van der Waals surface area (Å²) in [5.41, 5.74) is 0. The van der Waals surface area contributed by atoms with Crippen molar-refractivity contribution in [2.45, 2.75) is 362 Å². The molecule has 0 rings (SSSR count). The number of phosphoric acid groups is 2. The molecule has 17 nitrogen and oxygen atoms in total. The van der Waals surface area contributed by atoms with Crippen LogP contribution in [0.15, 0.2) is 0 Å². The Morgan fingerprint density at radius 3 is 0.782 bits per heavy atom. The van der Waals surface area contributed by atoms with Gasteiger partial charge in [-0.25, -0.2) is 9.13 Å². The average Bonchev–Trinajstić information content (AvgIpc) is 3.68. The van der Waals surface area contributed by atoms with Crippen molar-refractivity contribution in [1.82, 2.24) is 0 Å². The van der Waals surface area contributed by atoms with E-state index >= 15 is 0 Å². The molecule has 0 bridgehead atoms. The third kappa shape index (κ3) is 62.6. The van der Waals surface area contributed by atoms with Crippen LogP contribution < -0.4 is 0 Å². The second-order valence-corrected chi connectivity index (χ2v) is 28.4. The molecule has 0 radical (unpaired) electrons. The van der Waals surface area contributed by atoms with Gasteiger partial charge in [0.2, 0.25) is 0 Å². The second-order valence-electron chi connectivity index (χ2n) is 25.5. The van der Waals surface area contributed by atoms with Gasteiger partial charge >= 0.3 is 39.5 Å². The second kappa shape index (κ2) is 60.3. The molecule has 0 aromatic heterocycles. The smallest absolute Gasteiger partial charge is 0.462 e. The number of phosphoric ester groups is 2. The van der Waals surface area contributed by atoms with Crippen molar-refractivity contribution in [3.05, 3.63) is 0 Å². The first kappa shape index (κ1) is 85.1. The van der Waals surface area contributed by atoms with Gasteiger partial charge in [0.05, 0.1) is 26.4 Å². The predicted molar refractivity (Wildman–Crippen MR) is 349 cm³/mol. The summed E-state index contributed by atoms with van der Waals surface area (Å²) < 4.78 is 67.9. The van der Waals surface area contributed by atoms with Gasteiger partial charge < -0.3 is 33.8 Å². The third-order valence-electron chi connectivity index (χ3n) is 15.7. The normalized spacial score (nSPS) is 14.2. The van der Waals surface area contributed by atoms with E-state index in [1.54, 1.807) is 0 Å². The molecular formula is C68H132O17P2. The highest BCUT2D eigenvalue weighted by atomic mass is 31.2. The molecule has 87 heavy (non-hydrogen) atoms. The van der Waals surface area contributed by atoms with Crippen molar-refractivity contribution in [2.75, 3.05) is 39.6 Å². The van der Waals surface area contributed by atoms with Gasteiger partial charge in [-0.05, 0) is 37.5 Å². The van der Waals surface area contributed by atoms with Crippen molar-refractivity contribution in [3.8, 4) is 0 Å². The van der Waals surface area contributed by atoms with E-state index in [0.29, 0.717) is 25.7 Å². The summed E-state index contributed by atoms with van der Waals surface area (Å²) in [7, 11) is -9.88. The van der Waals surface area contributed by atoms with Gasteiger partial charge in [-0.1, -0.05) is 292 Å². The molecule has 0 aromatic rings. The molecule has 0 saturated heterocycles. The maximum atomic E-state index is 13.0. The van der Waals surface area contributed by atoms with Gasteiger partial charge in [-0.3, -0.25) is 37.3 Å². The monoisotopic (exact) mass is 1280 g/mol. The maximum absolute atomic E-state index is 13.0. The predicted octanol–water partition coefficient (Wildman–Crippen LogP) is 19.2. The van der Waals surface area contributed by atoms with Gasteiger partial charge in [0.1, 0.15) is 19.3 Å². The number of hydrogen-bond acceptors (Lipinski definition) is 15. The summed E-state index contributed by atoms with van der Waals surface area (Å²) in [6.07, 6.45) is 44.8. The van der Waals surface area contributed by atoms with E-state index in [1.807, 2.05) is 0 Å². The van der Waals surface area contributed by atoms with Crippen LogP contribution in [0.3, 0.4) is 0 Å². The quantitative estimate of drug-likeness (QED) is 0.0222. The van der Waals surface area contributed by atoms with Crippen LogP contribution in [0.25, 0.3) is 0 Å². The number of ether oxygens (including phenoxy) is 4. The number of unbranched alkanes of at least 4 members (excludes halogenated alkanes) is 37. The minimum absolute atomic E-state index is 0.105. The minimum Gasteiger partial charge on any atom is -0.462 e. The largest absolute Gasteiger partial charge is 0.472 e. The number of rotatable bonds is 67. The summed E-state index contributed by atoms with van der Waals surface area (Å²) >= 11 is 0. The van der Waals surface area contributed by atoms with Crippen molar-refractivity contribution in [1.29, 1.82) is 0 Å². The molecule has 0 aromatic carbocycles. The van der Waals surface area contributed by atoms with Crippen LogP contribution in [0, 0.1) is 11.8 Å². The molecule has 0 saturated carbocycles. The van der Waals surface area contributed by atoms with Gasteiger partial charge in [0.15, 0.2) is 12.2 Å². The zero-order valence-electron chi connectivity index (χ0n) is 56.3. The molecule has 0 aliphatic rings. The lowest BCUT2D eigenvalue weighted by Gasteiger charge is -2.21. The number of hydrogen-bond donors (Lipinski definition) is 3. The van der Waals surface area contributed by atoms with Crippen molar-refractivity contribution < 1.29 is 80.2 Å². The molecule has 2 unspecified atom stereocenters. The first-order valence-corrected chi connectivity index (χ1v) is 38.5. The van der Waals surface area contributed by atoms with Crippen LogP contribution in [-0.4, -0.2) is 96.7 Å². The highest BCUT2D eigenvalue weighted by molar-refractivity contribution is 7.47. The van der Waals surface area contributed by atoms with Crippen molar-refractivity contribution in [3.63, 3.8) is 0 Å². The number of carbonyl (C=O) groups is 4. The molecule has 516 valence electrons. The summed E-state index contributed by atoms with van der Waals surface area (Å²) in [6, 6.07) is 0. The first-order valence-electron chi connectivity index (χ1n) is 35.5. The molecule has 19 heteroatoms. The van der Waals surface area contributed by atoms with Crippen LogP contribution in [0.4, 0.5) is 0 Å². The van der Waals surface area contributed by atoms with Crippen LogP contribution in [0.5, 0.6) is 0 Å². The topological polar surface area (TPSA) is 237 Å². The SMILES string of the molecule is CCCCCCCCCCCCC(=O)O[C@H](COC(=O)CCCCCCC)COP(=O)(O)OC[C@H](O)COP(=O)(O)OC[C@@H](COC(=O)CCCCCCCCCCCCC(C)C)OC(=O)CCCCCCCCCCCCCCCCCCC(C)C. The lowest BCUT2D eigenvalue weighted by Crippen LogP contribution is -2.30. The van der Waals surface area contributed by atoms with Crippen LogP contribution >= 0.6 is 15.6 Å². The number of esters is 4. The fourth-order valence-electron chi connectivity index (χ4n) is 10.2. The number of carbonyl (C=O) groups excluding carboxylic acids is 4. The van der Waals surface area contributed by atoms with Gasteiger partial charge in [-0.2, -0.15) is 0 Å². The molecule has 5 atom stereocenters. The lowest BCUT2D eigenvalue weighted by atomic mass is 10.0. The lowest BCUT2D eigenvalue weighted by molar-refractivity contribution is -0.161. The summed E-state index contributed by atoms with van der Waals surface area (Å²) in [6.45, 7) is 9.46. The van der Waals surface area contributed by atoms with E-state index in [2.05, 4.69) is 41.5 Å².